The number of carbonyl (C=O) groups is 1. The van der Waals surface area contributed by atoms with E-state index in [9.17, 15) is 9.90 Å². The van der Waals surface area contributed by atoms with Gasteiger partial charge in [0.1, 0.15) is 17.4 Å². The molecule has 1 aliphatic heterocycles. The molecule has 0 aliphatic carbocycles. The number of aliphatic carboxylic acids is 1. The zero-order chi connectivity index (χ0) is 15.0. The summed E-state index contributed by atoms with van der Waals surface area (Å²) >= 11 is 6.03. The number of carboxylic acids is 1. The second-order valence-electron chi connectivity index (χ2n) is 4.90. The highest BCUT2D eigenvalue weighted by Crippen LogP contribution is 2.45. The third-order valence-corrected chi connectivity index (χ3v) is 3.93. The van der Waals surface area contributed by atoms with Crippen molar-refractivity contribution in [3.63, 3.8) is 0 Å². The van der Waals surface area contributed by atoms with Gasteiger partial charge in [-0.15, -0.1) is 0 Å². The van der Waals surface area contributed by atoms with Crippen molar-refractivity contribution in [3.05, 3.63) is 58.6 Å². The fraction of sp³-hybridized carbons (Fsp3) is 0.188. The van der Waals surface area contributed by atoms with Gasteiger partial charge in [-0.2, -0.15) is 0 Å². The van der Waals surface area contributed by atoms with Crippen LogP contribution in [-0.4, -0.2) is 18.1 Å². The van der Waals surface area contributed by atoms with Gasteiger partial charge in [-0.25, -0.2) is 0 Å². The van der Waals surface area contributed by atoms with E-state index >= 15 is 0 Å². The third kappa shape index (κ3) is 2.37. The van der Waals surface area contributed by atoms with Gasteiger partial charge in [0.05, 0.1) is 6.04 Å². The Morgan fingerprint density at radius 1 is 1.19 bits per heavy atom. The predicted octanol–water partition coefficient (Wildman–Crippen LogP) is 3.57. The number of benzene rings is 2. The van der Waals surface area contributed by atoms with Gasteiger partial charge in [-0.1, -0.05) is 29.8 Å². The fourth-order valence-corrected chi connectivity index (χ4v) is 2.94. The summed E-state index contributed by atoms with van der Waals surface area (Å²) in [6.07, 6.45) is 0. The van der Waals surface area contributed by atoms with Crippen LogP contribution < -0.4 is 10.1 Å². The lowest BCUT2D eigenvalue weighted by Gasteiger charge is -2.22. The van der Waals surface area contributed by atoms with E-state index in [0.717, 1.165) is 5.56 Å². The molecule has 0 radical (unpaired) electrons. The molecule has 2 aromatic rings. The maximum Gasteiger partial charge on any atom is 0.313 e. The number of hydrogen-bond donors (Lipinski definition) is 2. The molecule has 3 rings (SSSR count). The number of rotatable bonds is 2. The summed E-state index contributed by atoms with van der Waals surface area (Å²) in [6, 6.07) is 12.1. The topological polar surface area (TPSA) is 58.6 Å². The number of para-hydroxylation sites is 1. The molecule has 0 fully saturated rings. The minimum absolute atomic E-state index is 0.390. The smallest absolute Gasteiger partial charge is 0.313 e. The van der Waals surface area contributed by atoms with Gasteiger partial charge >= 0.3 is 5.97 Å². The maximum absolute atomic E-state index is 11.8. The number of hydrogen-bond acceptors (Lipinski definition) is 3. The minimum atomic E-state index is -0.918. The first-order valence-corrected chi connectivity index (χ1v) is 6.96. The molecule has 2 aromatic carbocycles. The van der Waals surface area contributed by atoms with Crippen molar-refractivity contribution in [1.82, 2.24) is 5.32 Å². The quantitative estimate of drug-likeness (QED) is 0.890. The van der Waals surface area contributed by atoms with Gasteiger partial charge < -0.3 is 15.2 Å². The van der Waals surface area contributed by atoms with E-state index in [1.807, 2.05) is 24.3 Å². The first-order valence-electron chi connectivity index (χ1n) is 6.58. The third-order valence-electron chi connectivity index (χ3n) is 3.69. The number of likely N-dealkylation sites (N-methyl/N-ethyl adjacent to an activating group) is 1. The molecule has 5 heteroatoms. The van der Waals surface area contributed by atoms with Crippen molar-refractivity contribution in [2.75, 3.05) is 7.05 Å². The highest BCUT2D eigenvalue weighted by molar-refractivity contribution is 6.30. The molecule has 2 N–H and O–H groups in total. The van der Waals surface area contributed by atoms with Crippen molar-refractivity contribution >= 4 is 17.6 Å². The van der Waals surface area contributed by atoms with Crippen LogP contribution in [0, 0.1) is 0 Å². The number of halogens is 1. The molecule has 0 saturated carbocycles. The average molecular weight is 304 g/mol. The van der Waals surface area contributed by atoms with Crippen LogP contribution in [0.4, 0.5) is 0 Å². The molecule has 0 aromatic heterocycles. The molecule has 0 spiro atoms. The predicted molar refractivity (Wildman–Crippen MR) is 80.1 cm³/mol. The molecule has 4 nitrogen and oxygen atoms in total. The molecular formula is C16H14ClNO3. The molecular weight excluding hydrogens is 290 g/mol. The van der Waals surface area contributed by atoms with Crippen molar-refractivity contribution in [2.24, 2.45) is 0 Å². The molecule has 0 amide bonds. The summed E-state index contributed by atoms with van der Waals surface area (Å²) < 4.78 is 5.91. The molecule has 1 heterocycles. The van der Waals surface area contributed by atoms with E-state index in [4.69, 9.17) is 16.3 Å². The highest BCUT2D eigenvalue weighted by atomic mass is 35.5. The van der Waals surface area contributed by atoms with E-state index in [2.05, 4.69) is 5.32 Å². The summed E-state index contributed by atoms with van der Waals surface area (Å²) in [7, 11) is 1.74. The molecule has 0 bridgehead atoms. The molecule has 21 heavy (non-hydrogen) atoms. The van der Waals surface area contributed by atoms with E-state index in [0.29, 0.717) is 22.1 Å². The van der Waals surface area contributed by atoms with Crippen LogP contribution in [0.25, 0.3) is 0 Å². The van der Waals surface area contributed by atoms with Crippen LogP contribution in [0.5, 0.6) is 11.5 Å². The summed E-state index contributed by atoms with van der Waals surface area (Å²) in [5.41, 5.74) is 1.39. The van der Waals surface area contributed by atoms with Gasteiger partial charge in [-0.3, -0.25) is 4.79 Å². The lowest BCUT2D eigenvalue weighted by atomic mass is 9.87. The first-order chi connectivity index (χ1) is 10.1. The van der Waals surface area contributed by atoms with E-state index in [-0.39, 0.29) is 0 Å². The number of carboxylic acid groups (broad SMARTS) is 1. The molecule has 1 aliphatic rings. The van der Waals surface area contributed by atoms with E-state index in [1.165, 1.54) is 0 Å². The Bertz CT molecular complexity index is 702. The van der Waals surface area contributed by atoms with Crippen LogP contribution in [0.2, 0.25) is 5.02 Å². The van der Waals surface area contributed by atoms with Crippen molar-refractivity contribution in [3.8, 4) is 11.5 Å². The minimum Gasteiger partial charge on any atom is -0.481 e. The first kappa shape index (κ1) is 13.9. The van der Waals surface area contributed by atoms with Gasteiger partial charge in [0, 0.05) is 16.1 Å². The highest BCUT2D eigenvalue weighted by Gasteiger charge is 2.36. The summed E-state index contributed by atoms with van der Waals surface area (Å²) in [5, 5.41) is 13.3. The Kier molecular flexibility index (Phi) is 3.57. The number of ether oxygens (including phenoxy) is 1. The lowest BCUT2D eigenvalue weighted by molar-refractivity contribution is -0.139. The zero-order valence-corrected chi connectivity index (χ0v) is 12.1. The van der Waals surface area contributed by atoms with Crippen LogP contribution >= 0.6 is 11.6 Å². The zero-order valence-electron chi connectivity index (χ0n) is 11.3. The maximum atomic E-state index is 11.8. The average Bonchev–Trinajstić information content (AvgIpc) is 2.60. The summed E-state index contributed by atoms with van der Waals surface area (Å²) in [5.74, 6) is -0.508. The van der Waals surface area contributed by atoms with Gasteiger partial charge in [-0.05, 0) is 31.3 Å². The fourth-order valence-electron chi connectivity index (χ4n) is 2.76. The Morgan fingerprint density at radius 3 is 2.62 bits per heavy atom. The van der Waals surface area contributed by atoms with Crippen LogP contribution in [0.1, 0.15) is 23.1 Å². The van der Waals surface area contributed by atoms with Gasteiger partial charge in [0.15, 0.2) is 0 Å². The molecule has 0 unspecified atom stereocenters. The van der Waals surface area contributed by atoms with Crippen molar-refractivity contribution in [1.29, 1.82) is 0 Å². The van der Waals surface area contributed by atoms with E-state index < -0.39 is 17.9 Å². The number of nitrogens with one attached hydrogen (secondary N) is 1. The standard InChI is InChI=1S/C16H14ClNO3/c1-18-15-10-4-2-3-5-12(10)21-13-7-6-9(17)8-11(13)14(15)16(19)20/h2-8,14-15,18H,1H3,(H,19,20)/t14-,15-/m1/s1. The van der Waals surface area contributed by atoms with E-state index in [1.54, 1.807) is 25.2 Å². The second-order valence-corrected chi connectivity index (χ2v) is 5.34. The molecule has 2 atom stereocenters. The van der Waals surface area contributed by atoms with Crippen molar-refractivity contribution < 1.29 is 14.6 Å². The van der Waals surface area contributed by atoms with Crippen LogP contribution in [0.3, 0.4) is 0 Å². The lowest BCUT2D eigenvalue weighted by Crippen LogP contribution is -2.28. The Morgan fingerprint density at radius 2 is 1.90 bits per heavy atom. The van der Waals surface area contributed by atoms with Crippen molar-refractivity contribution in [2.45, 2.75) is 12.0 Å². The second kappa shape index (κ2) is 5.39. The SMILES string of the molecule is CN[C@@H]1c2ccccc2Oc2ccc(Cl)cc2[C@H]1C(=O)O. The Labute approximate surface area is 127 Å². The normalized spacial score (nSPS) is 19.9. The Balaban J connectivity index is 2.27. The monoisotopic (exact) mass is 303 g/mol. The Hall–Kier alpha value is -2.04. The summed E-state index contributed by atoms with van der Waals surface area (Å²) in [4.78, 5) is 11.8. The number of fused-ring (bicyclic) bond motifs is 2. The van der Waals surface area contributed by atoms with Gasteiger partial charge in [0.2, 0.25) is 0 Å². The molecule has 108 valence electrons. The molecule has 0 saturated heterocycles. The van der Waals surface area contributed by atoms with Gasteiger partial charge in [0.25, 0.3) is 0 Å². The van der Waals surface area contributed by atoms with Crippen LogP contribution in [0.15, 0.2) is 42.5 Å². The summed E-state index contributed by atoms with van der Waals surface area (Å²) in [6.45, 7) is 0. The van der Waals surface area contributed by atoms with Crippen LogP contribution in [-0.2, 0) is 4.79 Å². The largest absolute Gasteiger partial charge is 0.481 e.